The van der Waals surface area contributed by atoms with Crippen molar-refractivity contribution in [3.05, 3.63) is 29.8 Å². The predicted octanol–water partition coefficient (Wildman–Crippen LogP) is 3.81. The molecule has 2 atom stereocenters. The lowest BCUT2D eigenvalue weighted by molar-refractivity contribution is 0.268. The Hall–Kier alpha value is -0.980. The molecule has 0 aromatic heterocycles. The molecule has 0 spiro atoms. The summed E-state index contributed by atoms with van der Waals surface area (Å²) in [6.45, 7) is 4.74. The average molecular weight is 203 g/mol. The van der Waals surface area contributed by atoms with Gasteiger partial charge in [-0.15, -0.1) is 0 Å². The molecule has 1 heteroatoms. The van der Waals surface area contributed by atoms with Crippen molar-refractivity contribution in [2.45, 2.75) is 39.0 Å². The van der Waals surface area contributed by atoms with Gasteiger partial charge >= 0.3 is 0 Å². The second-order valence-electron chi connectivity index (χ2n) is 5.28. The molecule has 1 saturated carbocycles. The van der Waals surface area contributed by atoms with Crippen molar-refractivity contribution < 1.29 is 0 Å². The first-order valence-electron chi connectivity index (χ1n) is 6.00. The number of benzene rings is 1. The van der Waals surface area contributed by atoms with Gasteiger partial charge < -0.3 is 5.73 Å². The van der Waals surface area contributed by atoms with Crippen molar-refractivity contribution in [1.29, 1.82) is 0 Å². The van der Waals surface area contributed by atoms with Crippen LogP contribution in [0.5, 0.6) is 0 Å². The fourth-order valence-electron chi connectivity index (χ4n) is 3.03. The molecule has 1 fully saturated rings. The van der Waals surface area contributed by atoms with Gasteiger partial charge in [-0.1, -0.05) is 26.0 Å². The zero-order valence-electron chi connectivity index (χ0n) is 9.74. The highest BCUT2D eigenvalue weighted by Crippen LogP contribution is 2.39. The van der Waals surface area contributed by atoms with Crippen LogP contribution in [0.2, 0.25) is 0 Å². The van der Waals surface area contributed by atoms with E-state index >= 15 is 0 Å². The lowest BCUT2D eigenvalue weighted by Crippen LogP contribution is -2.18. The summed E-state index contributed by atoms with van der Waals surface area (Å²) in [4.78, 5) is 0. The average Bonchev–Trinajstić information content (AvgIpc) is 2.16. The van der Waals surface area contributed by atoms with E-state index in [1.54, 1.807) is 0 Å². The lowest BCUT2D eigenvalue weighted by Gasteiger charge is -2.31. The minimum Gasteiger partial charge on any atom is -0.399 e. The topological polar surface area (TPSA) is 26.0 Å². The molecule has 82 valence electrons. The maximum absolute atomic E-state index is 5.83. The first-order chi connectivity index (χ1) is 7.15. The summed E-state index contributed by atoms with van der Waals surface area (Å²) in [5.74, 6) is 2.45. The van der Waals surface area contributed by atoms with Gasteiger partial charge in [0.05, 0.1) is 0 Å². The number of nitrogens with two attached hydrogens (primary N) is 1. The van der Waals surface area contributed by atoms with Crippen LogP contribution in [0.25, 0.3) is 0 Å². The maximum Gasteiger partial charge on any atom is 0.0316 e. The van der Waals surface area contributed by atoms with Crippen LogP contribution in [0.1, 0.15) is 44.6 Å². The van der Waals surface area contributed by atoms with Crippen LogP contribution < -0.4 is 5.73 Å². The van der Waals surface area contributed by atoms with Crippen LogP contribution in [0.3, 0.4) is 0 Å². The van der Waals surface area contributed by atoms with E-state index in [2.05, 4.69) is 32.0 Å². The largest absolute Gasteiger partial charge is 0.399 e. The van der Waals surface area contributed by atoms with Crippen LogP contribution in [0, 0.1) is 11.8 Å². The zero-order chi connectivity index (χ0) is 10.8. The minimum absolute atomic E-state index is 0.729. The Morgan fingerprint density at radius 2 is 1.73 bits per heavy atom. The molecule has 0 bridgehead atoms. The Morgan fingerprint density at radius 1 is 1.07 bits per heavy atom. The van der Waals surface area contributed by atoms with Crippen LogP contribution in [-0.2, 0) is 0 Å². The Kier molecular flexibility index (Phi) is 2.99. The molecule has 0 heterocycles. The molecule has 1 nitrogen and oxygen atoms in total. The quantitative estimate of drug-likeness (QED) is 0.690. The molecule has 1 aromatic rings. The molecule has 2 rings (SSSR count). The van der Waals surface area contributed by atoms with E-state index < -0.39 is 0 Å². The highest BCUT2D eigenvalue weighted by Gasteiger charge is 2.24. The molecule has 0 radical (unpaired) electrons. The summed E-state index contributed by atoms with van der Waals surface area (Å²) < 4.78 is 0. The maximum atomic E-state index is 5.83. The van der Waals surface area contributed by atoms with Gasteiger partial charge in [0.15, 0.2) is 0 Å². The van der Waals surface area contributed by atoms with Gasteiger partial charge in [-0.2, -0.15) is 0 Å². The molecule has 0 amide bonds. The number of anilines is 1. The molecule has 15 heavy (non-hydrogen) atoms. The Morgan fingerprint density at radius 3 is 2.33 bits per heavy atom. The van der Waals surface area contributed by atoms with Crippen LogP contribution in [0.4, 0.5) is 5.69 Å². The fourth-order valence-corrected chi connectivity index (χ4v) is 3.03. The molecular formula is C14H21N. The van der Waals surface area contributed by atoms with Gasteiger partial charge in [0.1, 0.15) is 0 Å². The number of rotatable bonds is 1. The number of nitrogen functional groups attached to an aromatic ring is 1. The van der Waals surface area contributed by atoms with E-state index in [4.69, 9.17) is 5.73 Å². The van der Waals surface area contributed by atoms with Gasteiger partial charge in [0, 0.05) is 5.69 Å². The van der Waals surface area contributed by atoms with E-state index in [9.17, 15) is 0 Å². The Bertz CT molecular complexity index is 322. The van der Waals surface area contributed by atoms with E-state index in [1.807, 2.05) is 6.07 Å². The second-order valence-corrected chi connectivity index (χ2v) is 5.28. The van der Waals surface area contributed by atoms with Gasteiger partial charge in [-0.3, -0.25) is 0 Å². The SMILES string of the molecule is C[C@@H]1CC(c2cccc(N)c2)C[C@@H](C)C1. The monoisotopic (exact) mass is 203 g/mol. The zero-order valence-corrected chi connectivity index (χ0v) is 9.74. The molecule has 1 aliphatic carbocycles. The van der Waals surface area contributed by atoms with Gasteiger partial charge in [0.2, 0.25) is 0 Å². The Labute approximate surface area is 92.7 Å². The number of hydrogen-bond acceptors (Lipinski definition) is 1. The second kappa shape index (κ2) is 4.26. The molecule has 2 N–H and O–H groups in total. The summed E-state index contributed by atoms with van der Waals surface area (Å²) in [5.41, 5.74) is 8.17. The Balaban J connectivity index is 2.16. The summed E-state index contributed by atoms with van der Waals surface area (Å²) in [7, 11) is 0. The van der Waals surface area contributed by atoms with E-state index in [1.165, 1.54) is 24.8 Å². The van der Waals surface area contributed by atoms with E-state index in [-0.39, 0.29) is 0 Å². The van der Waals surface area contributed by atoms with Crippen LogP contribution >= 0.6 is 0 Å². The van der Waals surface area contributed by atoms with Crippen LogP contribution in [0.15, 0.2) is 24.3 Å². The summed E-state index contributed by atoms with van der Waals surface area (Å²) in [5, 5.41) is 0. The third kappa shape index (κ3) is 2.53. The minimum atomic E-state index is 0.729. The standard InChI is InChI=1S/C14H21N/c1-10-6-11(2)8-13(7-10)12-4-3-5-14(15)9-12/h3-5,9-11,13H,6-8,15H2,1-2H3/t10-,11-/m0/s1. The molecular weight excluding hydrogens is 182 g/mol. The number of hydrogen-bond donors (Lipinski definition) is 1. The highest BCUT2D eigenvalue weighted by atomic mass is 14.5. The van der Waals surface area contributed by atoms with Crippen molar-refractivity contribution in [3.63, 3.8) is 0 Å². The summed E-state index contributed by atoms with van der Waals surface area (Å²) in [6.07, 6.45) is 4.04. The molecule has 1 aromatic carbocycles. The third-order valence-electron chi connectivity index (χ3n) is 3.56. The van der Waals surface area contributed by atoms with E-state index in [0.29, 0.717) is 0 Å². The fraction of sp³-hybridized carbons (Fsp3) is 0.571. The van der Waals surface area contributed by atoms with Gasteiger partial charge in [-0.05, 0) is 54.7 Å². The third-order valence-corrected chi connectivity index (χ3v) is 3.56. The van der Waals surface area contributed by atoms with E-state index in [0.717, 1.165) is 23.4 Å². The molecule has 0 aliphatic heterocycles. The smallest absolute Gasteiger partial charge is 0.0316 e. The normalized spacial score (nSPS) is 31.5. The van der Waals surface area contributed by atoms with Crippen molar-refractivity contribution >= 4 is 5.69 Å². The van der Waals surface area contributed by atoms with Crippen molar-refractivity contribution in [2.75, 3.05) is 5.73 Å². The highest BCUT2D eigenvalue weighted by molar-refractivity contribution is 5.41. The first kappa shape index (κ1) is 10.5. The molecule has 1 aliphatic rings. The van der Waals surface area contributed by atoms with Crippen molar-refractivity contribution in [1.82, 2.24) is 0 Å². The van der Waals surface area contributed by atoms with Gasteiger partial charge in [0.25, 0.3) is 0 Å². The van der Waals surface area contributed by atoms with Crippen molar-refractivity contribution in [3.8, 4) is 0 Å². The lowest BCUT2D eigenvalue weighted by atomic mass is 9.74. The first-order valence-corrected chi connectivity index (χ1v) is 6.00. The molecule has 0 unspecified atom stereocenters. The van der Waals surface area contributed by atoms with Gasteiger partial charge in [-0.25, -0.2) is 0 Å². The summed E-state index contributed by atoms with van der Waals surface area (Å²) in [6, 6.07) is 8.43. The van der Waals surface area contributed by atoms with Crippen LogP contribution in [-0.4, -0.2) is 0 Å². The summed E-state index contributed by atoms with van der Waals surface area (Å²) >= 11 is 0. The van der Waals surface area contributed by atoms with Crippen molar-refractivity contribution in [2.24, 2.45) is 11.8 Å². The predicted molar refractivity (Wildman–Crippen MR) is 65.8 cm³/mol. The molecule has 0 saturated heterocycles.